The summed E-state index contributed by atoms with van der Waals surface area (Å²) in [5, 5.41) is 2.81. The first-order chi connectivity index (χ1) is 10.1. The molecule has 0 radical (unpaired) electrons. The zero-order chi connectivity index (χ0) is 15.3. The number of carbonyl (C=O) groups is 2. The molecule has 1 heterocycles. The monoisotopic (exact) mass is 296 g/mol. The van der Waals surface area contributed by atoms with Gasteiger partial charge in [-0.15, -0.1) is 0 Å². The zero-order valence-corrected chi connectivity index (χ0v) is 13.1. The van der Waals surface area contributed by atoms with E-state index in [0.717, 1.165) is 38.8 Å². The lowest BCUT2D eigenvalue weighted by atomic mass is 9.84. The van der Waals surface area contributed by atoms with E-state index in [-0.39, 0.29) is 17.2 Å². The van der Waals surface area contributed by atoms with Gasteiger partial charge in [0.05, 0.1) is 12.0 Å². The van der Waals surface area contributed by atoms with E-state index >= 15 is 0 Å². The van der Waals surface area contributed by atoms with Crippen molar-refractivity contribution in [1.82, 2.24) is 15.1 Å². The number of amides is 2. The van der Waals surface area contributed by atoms with Crippen molar-refractivity contribution in [2.75, 3.05) is 45.8 Å². The molecule has 2 amide bonds. The Hall–Kier alpha value is -1.14. The van der Waals surface area contributed by atoms with E-state index in [4.69, 9.17) is 5.73 Å². The van der Waals surface area contributed by atoms with E-state index < -0.39 is 0 Å². The SMILES string of the molecule is CCNC(=O)CN1CCN(C(=O)C2(CN)CCCC2)CC1. The van der Waals surface area contributed by atoms with Crippen molar-refractivity contribution >= 4 is 11.8 Å². The van der Waals surface area contributed by atoms with E-state index in [1.807, 2.05) is 11.8 Å². The summed E-state index contributed by atoms with van der Waals surface area (Å²) >= 11 is 0. The fraction of sp³-hybridized carbons (Fsp3) is 0.867. The predicted octanol–water partition coefficient (Wildman–Crippen LogP) is -0.214. The van der Waals surface area contributed by atoms with Crippen LogP contribution in [0, 0.1) is 5.41 Å². The van der Waals surface area contributed by atoms with Crippen LogP contribution in [-0.4, -0.2) is 67.4 Å². The Kier molecular flexibility index (Phi) is 5.58. The van der Waals surface area contributed by atoms with Gasteiger partial charge in [0, 0.05) is 39.3 Å². The summed E-state index contributed by atoms with van der Waals surface area (Å²) in [5.74, 6) is 0.298. The first-order valence-electron chi connectivity index (χ1n) is 8.10. The Bertz CT molecular complexity index is 372. The summed E-state index contributed by atoms with van der Waals surface area (Å²) in [6, 6.07) is 0. The van der Waals surface area contributed by atoms with Crippen LogP contribution < -0.4 is 11.1 Å². The Morgan fingerprint density at radius 1 is 1.14 bits per heavy atom. The van der Waals surface area contributed by atoms with Crippen LogP contribution in [0.25, 0.3) is 0 Å². The van der Waals surface area contributed by atoms with Gasteiger partial charge in [-0.25, -0.2) is 0 Å². The minimum absolute atomic E-state index is 0.0616. The first-order valence-corrected chi connectivity index (χ1v) is 8.10. The second kappa shape index (κ2) is 7.22. The topological polar surface area (TPSA) is 78.7 Å². The fourth-order valence-electron chi connectivity index (χ4n) is 3.46. The number of nitrogens with two attached hydrogens (primary N) is 1. The molecule has 0 spiro atoms. The van der Waals surface area contributed by atoms with Gasteiger partial charge < -0.3 is 16.0 Å². The minimum Gasteiger partial charge on any atom is -0.355 e. The minimum atomic E-state index is -0.304. The molecule has 1 aliphatic heterocycles. The molecule has 6 heteroatoms. The zero-order valence-electron chi connectivity index (χ0n) is 13.1. The van der Waals surface area contributed by atoms with Crippen molar-refractivity contribution in [2.24, 2.45) is 11.1 Å². The number of nitrogens with one attached hydrogen (secondary N) is 1. The Balaban J connectivity index is 1.83. The van der Waals surface area contributed by atoms with Gasteiger partial charge in [-0.3, -0.25) is 14.5 Å². The standard InChI is InChI=1S/C15H28N4O2/c1-2-17-13(20)11-18-7-9-19(10-8-18)14(21)15(12-16)5-3-4-6-15/h2-12,16H2,1H3,(H,17,20). The molecule has 21 heavy (non-hydrogen) atoms. The molecule has 1 aliphatic carbocycles. The second-order valence-electron chi connectivity index (χ2n) is 6.21. The highest BCUT2D eigenvalue weighted by molar-refractivity contribution is 5.83. The average Bonchev–Trinajstić information content (AvgIpc) is 2.97. The van der Waals surface area contributed by atoms with E-state index in [0.29, 0.717) is 32.7 Å². The molecule has 2 rings (SSSR count). The van der Waals surface area contributed by atoms with E-state index in [1.165, 1.54) is 0 Å². The summed E-state index contributed by atoms with van der Waals surface area (Å²) in [6.07, 6.45) is 4.09. The van der Waals surface area contributed by atoms with Crippen molar-refractivity contribution in [3.63, 3.8) is 0 Å². The lowest BCUT2D eigenvalue weighted by molar-refractivity contribution is -0.143. The van der Waals surface area contributed by atoms with Crippen LogP contribution in [0.1, 0.15) is 32.6 Å². The molecule has 0 aromatic rings. The Labute approximate surface area is 127 Å². The molecule has 2 aliphatic rings. The molecule has 0 unspecified atom stereocenters. The normalized spacial score (nSPS) is 22.3. The number of hydrogen-bond acceptors (Lipinski definition) is 4. The summed E-state index contributed by atoms with van der Waals surface area (Å²) in [7, 11) is 0. The quantitative estimate of drug-likeness (QED) is 0.735. The van der Waals surface area contributed by atoms with E-state index in [1.54, 1.807) is 0 Å². The van der Waals surface area contributed by atoms with Crippen molar-refractivity contribution in [2.45, 2.75) is 32.6 Å². The van der Waals surface area contributed by atoms with Crippen LogP contribution in [-0.2, 0) is 9.59 Å². The highest BCUT2D eigenvalue weighted by Crippen LogP contribution is 2.38. The maximum atomic E-state index is 12.7. The molecule has 0 atom stereocenters. The molecule has 0 bridgehead atoms. The molecule has 6 nitrogen and oxygen atoms in total. The number of rotatable bonds is 5. The molecular weight excluding hydrogens is 268 g/mol. The number of carbonyl (C=O) groups excluding carboxylic acids is 2. The van der Waals surface area contributed by atoms with Crippen LogP contribution >= 0.6 is 0 Å². The van der Waals surface area contributed by atoms with Gasteiger partial charge in [0.25, 0.3) is 0 Å². The van der Waals surface area contributed by atoms with Gasteiger partial charge in [-0.2, -0.15) is 0 Å². The van der Waals surface area contributed by atoms with Crippen molar-refractivity contribution in [3.05, 3.63) is 0 Å². The summed E-state index contributed by atoms with van der Waals surface area (Å²) in [5.41, 5.74) is 5.59. The summed E-state index contributed by atoms with van der Waals surface area (Å²) in [6.45, 7) is 6.43. The van der Waals surface area contributed by atoms with Crippen LogP contribution in [0.5, 0.6) is 0 Å². The van der Waals surface area contributed by atoms with Crippen LogP contribution in [0.15, 0.2) is 0 Å². The predicted molar refractivity (Wildman–Crippen MR) is 81.7 cm³/mol. The van der Waals surface area contributed by atoms with Crippen molar-refractivity contribution in [3.8, 4) is 0 Å². The highest BCUT2D eigenvalue weighted by atomic mass is 16.2. The molecule has 1 saturated carbocycles. The Morgan fingerprint density at radius 2 is 1.76 bits per heavy atom. The molecule has 0 aromatic carbocycles. The lowest BCUT2D eigenvalue weighted by Crippen LogP contribution is -2.55. The van der Waals surface area contributed by atoms with Crippen LogP contribution in [0.3, 0.4) is 0 Å². The second-order valence-corrected chi connectivity index (χ2v) is 6.21. The number of hydrogen-bond donors (Lipinski definition) is 2. The number of nitrogens with zero attached hydrogens (tertiary/aromatic N) is 2. The van der Waals surface area contributed by atoms with Crippen molar-refractivity contribution in [1.29, 1.82) is 0 Å². The lowest BCUT2D eigenvalue weighted by Gasteiger charge is -2.39. The van der Waals surface area contributed by atoms with E-state index in [2.05, 4.69) is 10.2 Å². The highest BCUT2D eigenvalue weighted by Gasteiger charge is 2.42. The van der Waals surface area contributed by atoms with Gasteiger partial charge in [0.15, 0.2) is 0 Å². The number of piperazine rings is 1. The summed E-state index contributed by atoms with van der Waals surface area (Å²) in [4.78, 5) is 28.4. The third kappa shape index (κ3) is 3.74. The fourth-order valence-corrected chi connectivity index (χ4v) is 3.46. The van der Waals surface area contributed by atoms with Gasteiger partial charge in [0.1, 0.15) is 0 Å². The maximum absolute atomic E-state index is 12.7. The van der Waals surface area contributed by atoms with Crippen LogP contribution in [0.4, 0.5) is 0 Å². The molecule has 0 aromatic heterocycles. The maximum Gasteiger partial charge on any atom is 0.234 e. The molecular formula is C15H28N4O2. The van der Waals surface area contributed by atoms with Gasteiger partial charge in [-0.05, 0) is 19.8 Å². The smallest absolute Gasteiger partial charge is 0.234 e. The third-order valence-electron chi connectivity index (χ3n) is 4.81. The van der Waals surface area contributed by atoms with Crippen molar-refractivity contribution < 1.29 is 9.59 Å². The van der Waals surface area contributed by atoms with Gasteiger partial charge in [0.2, 0.25) is 11.8 Å². The average molecular weight is 296 g/mol. The van der Waals surface area contributed by atoms with E-state index in [9.17, 15) is 9.59 Å². The molecule has 120 valence electrons. The van der Waals surface area contributed by atoms with Gasteiger partial charge >= 0.3 is 0 Å². The summed E-state index contributed by atoms with van der Waals surface area (Å²) < 4.78 is 0. The molecule has 1 saturated heterocycles. The Morgan fingerprint density at radius 3 is 2.29 bits per heavy atom. The van der Waals surface area contributed by atoms with Gasteiger partial charge in [-0.1, -0.05) is 12.8 Å². The third-order valence-corrected chi connectivity index (χ3v) is 4.81. The first kappa shape index (κ1) is 16.2. The molecule has 2 fully saturated rings. The largest absolute Gasteiger partial charge is 0.355 e. The molecule has 3 N–H and O–H groups in total. The van der Waals surface area contributed by atoms with Crippen LogP contribution in [0.2, 0.25) is 0 Å². The number of likely N-dealkylation sites (N-methyl/N-ethyl adjacent to an activating group) is 1.